The highest BCUT2D eigenvalue weighted by Gasteiger charge is 2.16. The molecule has 0 radical (unpaired) electrons. The van der Waals surface area contributed by atoms with Gasteiger partial charge in [-0.15, -0.1) is 11.3 Å². The topological polar surface area (TPSA) is 17.8 Å². The molecule has 0 unspecified atom stereocenters. The molecule has 7 aromatic carbocycles. The van der Waals surface area contributed by atoms with Crippen molar-refractivity contribution in [1.82, 2.24) is 9.55 Å². The molecule has 50 heavy (non-hydrogen) atoms. The highest BCUT2D eigenvalue weighted by atomic mass is 32.1. The van der Waals surface area contributed by atoms with Gasteiger partial charge >= 0.3 is 0 Å². The second-order valence-electron chi connectivity index (χ2n) is 12.8. The average molecular weight is 655 g/mol. The monoisotopic (exact) mass is 654 g/mol. The molecule has 0 bridgehead atoms. The summed E-state index contributed by atoms with van der Waals surface area (Å²) in [7, 11) is 0. The van der Waals surface area contributed by atoms with E-state index in [2.05, 4.69) is 187 Å². The van der Waals surface area contributed by atoms with Crippen LogP contribution in [0.5, 0.6) is 0 Å². The summed E-state index contributed by atoms with van der Waals surface area (Å²) < 4.78 is 4.97. The van der Waals surface area contributed by atoms with Crippen LogP contribution in [-0.2, 0) is 0 Å². The number of hydrogen-bond donors (Lipinski definition) is 0. The van der Waals surface area contributed by atoms with Gasteiger partial charge in [-0.1, -0.05) is 140 Å². The van der Waals surface area contributed by atoms with Crippen LogP contribution in [0.15, 0.2) is 182 Å². The van der Waals surface area contributed by atoms with Crippen LogP contribution >= 0.6 is 11.3 Å². The second kappa shape index (κ2) is 11.7. The molecule has 0 aliphatic heterocycles. The van der Waals surface area contributed by atoms with Crippen molar-refractivity contribution in [2.45, 2.75) is 0 Å². The standard InChI is InChI=1S/C47H30N2S/c1-2-11-31(12-3-1)32-23-25-33(26-24-32)34-13-8-14-36(29-34)42-19-10-22-46(48-42)49-43-20-6-4-15-38(43)41-30-35(27-28-44(41)49)37-17-9-18-40-39-16-5-7-21-45(39)50-47(37)40/h1-30H. The van der Waals surface area contributed by atoms with E-state index < -0.39 is 0 Å². The highest BCUT2D eigenvalue weighted by molar-refractivity contribution is 7.26. The molecule has 3 aromatic heterocycles. The van der Waals surface area contributed by atoms with Crippen LogP contribution in [0, 0.1) is 0 Å². The first-order chi connectivity index (χ1) is 24.8. The maximum Gasteiger partial charge on any atom is 0.138 e. The van der Waals surface area contributed by atoms with Gasteiger partial charge in [-0.05, 0) is 75.8 Å². The predicted molar refractivity (Wildman–Crippen MR) is 213 cm³/mol. The normalized spacial score (nSPS) is 11.6. The third-order valence-electron chi connectivity index (χ3n) is 9.84. The molecule has 2 nitrogen and oxygen atoms in total. The van der Waals surface area contributed by atoms with Crippen molar-refractivity contribution in [2.75, 3.05) is 0 Å². The van der Waals surface area contributed by atoms with Gasteiger partial charge in [-0.2, -0.15) is 0 Å². The first-order valence-corrected chi connectivity index (χ1v) is 17.8. The number of fused-ring (bicyclic) bond motifs is 6. The Bertz CT molecular complexity index is 2860. The molecule has 0 aliphatic rings. The largest absolute Gasteiger partial charge is 0.294 e. The molecule has 0 atom stereocenters. The van der Waals surface area contributed by atoms with Gasteiger partial charge in [0.2, 0.25) is 0 Å². The summed E-state index contributed by atoms with van der Waals surface area (Å²) in [4.78, 5) is 5.28. The predicted octanol–water partition coefficient (Wildman–Crippen LogP) is 13.2. The van der Waals surface area contributed by atoms with Gasteiger partial charge in [0.25, 0.3) is 0 Å². The SMILES string of the molecule is c1ccc(-c2ccc(-c3cccc(-c4cccc(-n5c6ccccc6c6cc(-c7cccc8c7sc7ccccc78)ccc65)n4)c3)cc2)cc1. The van der Waals surface area contributed by atoms with Gasteiger partial charge in [-0.3, -0.25) is 4.57 Å². The molecule has 10 rings (SSSR count). The zero-order valence-corrected chi connectivity index (χ0v) is 27.9. The van der Waals surface area contributed by atoms with E-state index in [1.807, 2.05) is 11.3 Å². The molecule has 0 saturated heterocycles. The minimum Gasteiger partial charge on any atom is -0.294 e. The molecular formula is C47H30N2S. The molecular weight excluding hydrogens is 625 g/mol. The van der Waals surface area contributed by atoms with Crippen LogP contribution in [0.25, 0.3) is 92.4 Å². The number of para-hydroxylation sites is 1. The van der Waals surface area contributed by atoms with Crippen LogP contribution in [0.4, 0.5) is 0 Å². The quantitative estimate of drug-likeness (QED) is 0.181. The Kier molecular flexibility index (Phi) is 6.71. The number of thiophene rings is 1. The Labute approximate surface area is 294 Å². The minimum atomic E-state index is 0.908. The Morgan fingerprint density at radius 2 is 1.00 bits per heavy atom. The Hall–Kier alpha value is -6.29. The van der Waals surface area contributed by atoms with Crippen molar-refractivity contribution in [3.63, 3.8) is 0 Å². The molecule has 10 aromatic rings. The summed E-state index contributed by atoms with van der Waals surface area (Å²) in [6, 6.07) is 65.4. The molecule has 234 valence electrons. The van der Waals surface area contributed by atoms with Gasteiger partial charge in [0.05, 0.1) is 16.7 Å². The second-order valence-corrected chi connectivity index (χ2v) is 13.8. The number of hydrogen-bond acceptors (Lipinski definition) is 2. The van der Waals surface area contributed by atoms with E-state index >= 15 is 0 Å². The van der Waals surface area contributed by atoms with Crippen molar-refractivity contribution < 1.29 is 0 Å². The van der Waals surface area contributed by atoms with Gasteiger partial charge in [-0.25, -0.2) is 4.98 Å². The van der Waals surface area contributed by atoms with Crippen LogP contribution in [0.3, 0.4) is 0 Å². The lowest BCUT2D eigenvalue weighted by Crippen LogP contribution is -1.98. The zero-order valence-electron chi connectivity index (χ0n) is 27.1. The zero-order chi connectivity index (χ0) is 33.0. The maximum absolute atomic E-state index is 5.28. The van der Waals surface area contributed by atoms with Crippen LogP contribution in [-0.4, -0.2) is 9.55 Å². The number of benzene rings is 7. The Morgan fingerprint density at radius 1 is 0.380 bits per heavy atom. The minimum absolute atomic E-state index is 0.908. The molecule has 0 aliphatic carbocycles. The molecule has 3 heteroatoms. The van der Waals surface area contributed by atoms with E-state index in [9.17, 15) is 0 Å². The summed E-state index contributed by atoms with van der Waals surface area (Å²) in [6.07, 6.45) is 0. The van der Waals surface area contributed by atoms with E-state index in [0.717, 1.165) is 28.1 Å². The summed E-state index contributed by atoms with van der Waals surface area (Å²) in [5.74, 6) is 0.908. The number of pyridine rings is 1. The molecule has 0 saturated carbocycles. The fraction of sp³-hybridized carbons (Fsp3) is 0. The Morgan fingerprint density at radius 3 is 1.88 bits per heavy atom. The summed E-state index contributed by atoms with van der Waals surface area (Å²) in [5.41, 5.74) is 11.6. The molecule has 0 N–H and O–H groups in total. The van der Waals surface area contributed by atoms with E-state index in [4.69, 9.17) is 4.98 Å². The first kappa shape index (κ1) is 28.7. The molecule has 3 heterocycles. The fourth-order valence-corrected chi connectivity index (χ4v) is 8.65. The third-order valence-corrected chi connectivity index (χ3v) is 11.1. The van der Waals surface area contributed by atoms with Gasteiger partial charge in [0.1, 0.15) is 5.82 Å². The van der Waals surface area contributed by atoms with Crippen LogP contribution < -0.4 is 0 Å². The number of nitrogens with zero attached hydrogens (tertiary/aromatic N) is 2. The molecule has 0 amide bonds. The number of rotatable bonds is 5. The lowest BCUT2D eigenvalue weighted by molar-refractivity contribution is 1.08. The van der Waals surface area contributed by atoms with E-state index in [-0.39, 0.29) is 0 Å². The van der Waals surface area contributed by atoms with Crippen LogP contribution in [0.1, 0.15) is 0 Å². The first-order valence-electron chi connectivity index (χ1n) is 17.0. The lowest BCUT2D eigenvalue weighted by Gasteiger charge is -2.11. The van der Waals surface area contributed by atoms with Gasteiger partial charge in [0, 0.05) is 36.5 Å². The maximum atomic E-state index is 5.28. The molecule has 0 fully saturated rings. The van der Waals surface area contributed by atoms with E-state index in [1.54, 1.807) is 0 Å². The summed E-state index contributed by atoms with van der Waals surface area (Å²) in [6.45, 7) is 0. The summed E-state index contributed by atoms with van der Waals surface area (Å²) >= 11 is 1.88. The average Bonchev–Trinajstić information content (AvgIpc) is 3.74. The highest BCUT2D eigenvalue weighted by Crippen LogP contribution is 2.42. The van der Waals surface area contributed by atoms with Crippen molar-refractivity contribution in [2.24, 2.45) is 0 Å². The third kappa shape index (κ3) is 4.74. The smallest absolute Gasteiger partial charge is 0.138 e. The van der Waals surface area contributed by atoms with Crippen LogP contribution in [0.2, 0.25) is 0 Å². The summed E-state index contributed by atoms with van der Waals surface area (Å²) in [5, 5.41) is 5.09. The molecule has 0 spiro atoms. The van der Waals surface area contributed by atoms with Crippen molar-refractivity contribution >= 4 is 53.3 Å². The number of aromatic nitrogens is 2. The van der Waals surface area contributed by atoms with Crippen molar-refractivity contribution in [3.05, 3.63) is 182 Å². The van der Waals surface area contributed by atoms with Crippen molar-refractivity contribution in [1.29, 1.82) is 0 Å². The lowest BCUT2D eigenvalue weighted by atomic mass is 9.98. The van der Waals surface area contributed by atoms with E-state index in [0.29, 0.717) is 0 Å². The fourth-order valence-electron chi connectivity index (χ4n) is 7.41. The Balaban J connectivity index is 1.06. The van der Waals surface area contributed by atoms with Crippen molar-refractivity contribution in [3.8, 4) is 50.5 Å². The van der Waals surface area contributed by atoms with Gasteiger partial charge in [0.15, 0.2) is 0 Å². The van der Waals surface area contributed by atoms with Gasteiger partial charge < -0.3 is 0 Å². The van der Waals surface area contributed by atoms with E-state index in [1.165, 1.54) is 64.3 Å².